The monoisotopic (exact) mass is 542 g/mol. The van der Waals surface area contributed by atoms with Crippen molar-refractivity contribution in [2.75, 3.05) is 0 Å². The van der Waals surface area contributed by atoms with Crippen LogP contribution in [0.25, 0.3) is 6.08 Å². The Morgan fingerprint density at radius 2 is 1.87 bits per heavy atom. The van der Waals surface area contributed by atoms with Gasteiger partial charge in [0.2, 0.25) is 0 Å². The Hall–Kier alpha value is -2.74. The molecule has 7 heteroatoms. The van der Waals surface area contributed by atoms with Gasteiger partial charge < -0.3 is 24.8 Å². The second-order valence-corrected chi connectivity index (χ2v) is 11.0. The smallest absolute Gasteiger partial charge is 0.338 e. The fraction of sp³-hybridized carbons (Fsp3) is 0.562. The van der Waals surface area contributed by atoms with Crippen molar-refractivity contribution in [2.45, 2.75) is 104 Å². The van der Waals surface area contributed by atoms with E-state index < -0.39 is 24.3 Å². The van der Waals surface area contributed by atoms with Crippen LogP contribution in [0.1, 0.15) is 89.1 Å². The minimum Gasteiger partial charge on any atom is -0.462 e. The highest BCUT2D eigenvalue weighted by Gasteiger charge is 2.24. The molecule has 0 amide bonds. The number of hydrogen-bond donors (Lipinski definition) is 3. The van der Waals surface area contributed by atoms with E-state index in [9.17, 15) is 24.9 Å². The molecular formula is C32H46O7. The fourth-order valence-electron chi connectivity index (χ4n) is 4.41. The van der Waals surface area contributed by atoms with Crippen molar-refractivity contribution in [3.63, 3.8) is 0 Å². The number of aliphatic hydroxyl groups is 3. The third kappa shape index (κ3) is 11.9. The summed E-state index contributed by atoms with van der Waals surface area (Å²) in [7, 11) is 0. The average Bonchev–Trinajstić information content (AvgIpc) is 2.87. The number of cyclic esters (lactones) is 1. The number of aliphatic hydroxyl groups excluding tert-OH is 3. The maximum absolute atomic E-state index is 13.1. The molecule has 0 fully saturated rings. The molecule has 0 saturated heterocycles. The van der Waals surface area contributed by atoms with Crippen molar-refractivity contribution in [1.29, 1.82) is 0 Å². The molecule has 0 aliphatic carbocycles. The summed E-state index contributed by atoms with van der Waals surface area (Å²) in [5, 5.41) is 29.5. The molecule has 0 saturated carbocycles. The third-order valence-electron chi connectivity index (χ3n) is 6.90. The first-order chi connectivity index (χ1) is 18.5. The van der Waals surface area contributed by atoms with Crippen LogP contribution >= 0.6 is 0 Å². The molecule has 0 aromatic heterocycles. The normalized spacial score (nSPS) is 24.8. The van der Waals surface area contributed by atoms with Gasteiger partial charge in [-0.2, -0.15) is 0 Å². The van der Waals surface area contributed by atoms with Crippen LogP contribution in [0, 0.1) is 11.8 Å². The first-order valence-corrected chi connectivity index (χ1v) is 14.0. The number of benzene rings is 1. The van der Waals surface area contributed by atoms with Crippen molar-refractivity contribution in [3.05, 3.63) is 65.3 Å². The van der Waals surface area contributed by atoms with Gasteiger partial charge in [-0.15, -0.1) is 0 Å². The summed E-state index contributed by atoms with van der Waals surface area (Å²) in [5.41, 5.74) is 1.95. The van der Waals surface area contributed by atoms with E-state index in [1.165, 1.54) is 6.08 Å². The quantitative estimate of drug-likeness (QED) is 0.218. The summed E-state index contributed by atoms with van der Waals surface area (Å²) in [6.07, 6.45) is 8.95. The molecule has 3 N–H and O–H groups in total. The number of carbonyl (C=O) groups is 2. The third-order valence-corrected chi connectivity index (χ3v) is 6.90. The Labute approximate surface area is 233 Å². The van der Waals surface area contributed by atoms with Crippen molar-refractivity contribution in [2.24, 2.45) is 11.8 Å². The van der Waals surface area contributed by atoms with Gasteiger partial charge in [0.25, 0.3) is 0 Å². The maximum Gasteiger partial charge on any atom is 0.338 e. The van der Waals surface area contributed by atoms with Crippen LogP contribution in [-0.4, -0.2) is 57.8 Å². The van der Waals surface area contributed by atoms with Crippen LogP contribution in [0.5, 0.6) is 0 Å². The second kappa shape index (κ2) is 16.4. The lowest BCUT2D eigenvalue weighted by Crippen LogP contribution is -2.27. The average molecular weight is 543 g/mol. The largest absolute Gasteiger partial charge is 0.462 e. The van der Waals surface area contributed by atoms with E-state index >= 15 is 0 Å². The van der Waals surface area contributed by atoms with E-state index in [4.69, 9.17) is 9.47 Å². The van der Waals surface area contributed by atoms with Crippen molar-refractivity contribution in [3.8, 4) is 0 Å². The van der Waals surface area contributed by atoms with Crippen LogP contribution in [-0.2, 0) is 14.3 Å². The molecule has 1 aliphatic heterocycles. The number of esters is 2. The van der Waals surface area contributed by atoms with Gasteiger partial charge in [0, 0.05) is 19.3 Å². The molecule has 1 aromatic carbocycles. The molecule has 0 bridgehead atoms. The van der Waals surface area contributed by atoms with Gasteiger partial charge >= 0.3 is 11.9 Å². The zero-order chi connectivity index (χ0) is 28.9. The lowest BCUT2D eigenvalue weighted by atomic mass is 9.94. The second-order valence-electron chi connectivity index (χ2n) is 11.0. The Kier molecular flexibility index (Phi) is 13.6. The number of ether oxygens (including phenoxy) is 2. The summed E-state index contributed by atoms with van der Waals surface area (Å²) >= 11 is 0. The lowest BCUT2D eigenvalue weighted by molar-refractivity contribution is -0.151. The van der Waals surface area contributed by atoms with Crippen molar-refractivity contribution < 1.29 is 34.4 Å². The summed E-state index contributed by atoms with van der Waals surface area (Å²) in [5.74, 6) is -0.276. The van der Waals surface area contributed by atoms with Crippen LogP contribution < -0.4 is 0 Å². The zero-order valence-corrected chi connectivity index (χ0v) is 24.0. The Balaban J connectivity index is 2.06. The topological polar surface area (TPSA) is 113 Å². The molecule has 6 atom stereocenters. The van der Waals surface area contributed by atoms with E-state index in [1.54, 1.807) is 38.1 Å². The molecule has 39 heavy (non-hydrogen) atoms. The fourth-order valence-corrected chi connectivity index (χ4v) is 4.41. The molecule has 216 valence electrons. The molecular weight excluding hydrogens is 496 g/mol. The van der Waals surface area contributed by atoms with Gasteiger partial charge in [0.05, 0.1) is 23.9 Å². The molecule has 1 heterocycles. The molecule has 0 radical (unpaired) electrons. The van der Waals surface area contributed by atoms with Gasteiger partial charge in [-0.05, 0) is 62.6 Å². The Morgan fingerprint density at radius 1 is 1.15 bits per heavy atom. The molecule has 1 aliphatic rings. The predicted octanol–water partition coefficient (Wildman–Crippen LogP) is 5.39. The van der Waals surface area contributed by atoms with Crippen LogP contribution in [0.2, 0.25) is 0 Å². The number of carbonyl (C=O) groups excluding carboxylic acids is 2. The Bertz CT molecular complexity index is 1010. The van der Waals surface area contributed by atoms with E-state index in [2.05, 4.69) is 26.8 Å². The molecule has 1 aromatic rings. The van der Waals surface area contributed by atoms with Crippen molar-refractivity contribution in [1.82, 2.24) is 0 Å². The van der Waals surface area contributed by atoms with E-state index in [-0.39, 0.29) is 36.4 Å². The minimum atomic E-state index is -1.09. The van der Waals surface area contributed by atoms with Gasteiger partial charge in [-0.1, -0.05) is 68.9 Å². The predicted molar refractivity (Wildman–Crippen MR) is 153 cm³/mol. The SMILES string of the molecule is CC(/C=C/c1cccc(C(=O)O[C@H]2CCCC(=O)O[C@@H](C(C)C)C/C=C\C[C@@H]2C)c1)=C\[C@H](O)[C@@H](O)C[C@H](C)O. The first kappa shape index (κ1) is 32.5. The standard InChI is InChI=1S/C32H46O7/c1-21(2)29-13-7-6-10-23(4)30(14-9-15-31(36)38-29)39-32(37)26-12-8-11-25(20-26)17-16-22(3)18-27(34)28(35)19-24(5)33/h6-8,11-12,16-18,20-21,23-24,27-30,33-35H,9-10,13-15,19H2,1-5H3/b7-6-,17-16+,22-18+/t23-,24-,27-,28-,29+,30-/m0/s1. The summed E-state index contributed by atoms with van der Waals surface area (Å²) < 4.78 is 11.6. The molecule has 2 rings (SSSR count). The van der Waals surface area contributed by atoms with E-state index in [1.807, 2.05) is 18.2 Å². The molecule has 0 unspecified atom stereocenters. The number of allylic oxidation sites excluding steroid dienone is 3. The van der Waals surface area contributed by atoms with Crippen LogP contribution in [0.4, 0.5) is 0 Å². The minimum absolute atomic E-state index is 0.0808. The van der Waals surface area contributed by atoms with Gasteiger partial charge in [-0.3, -0.25) is 4.79 Å². The van der Waals surface area contributed by atoms with E-state index in [0.717, 1.165) is 17.6 Å². The zero-order valence-electron chi connectivity index (χ0n) is 24.0. The maximum atomic E-state index is 13.1. The summed E-state index contributed by atoms with van der Waals surface area (Å²) in [6.45, 7) is 9.52. The summed E-state index contributed by atoms with van der Waals surface area (Å²) in [4.78, 5) is 25.4. The molecule has 7 nitrogen and oxygen atoms in total. The highest BCUT2D eigenvalue weighted by atomic mass is 16.5. The lowest BCUT2D eigenvalue weighted by Gasteiger charge is -2.25. The highest BCUT2D eigenvalue weighted by molar-refractivity contribution is 5.90. The van der Waals surface area contributed by atoms with Crippen LogP contribution in [0.15, 0.2) is 54.1 Å². The number of hydrogen-bond acceptors (Lipinski definition) is 7. The van der Waals surface area contributed by atoms with E-state index in [0.29, 0.717) is 31.2 Å². The van der Waals surface area contributed by atoms with Crippen LogP contribution in [0.3, 0.4) is 0 Å². The van der Waals surface area contributed by atoms with Gasteiger partial charge in [0.1, 0.15) is 12.2 Å². The summed E-state index contributed by atoms with van der Waals surface area (Å²) in [6, 6.07) is 7.10. The Morgan fingerprint density at radius 3 is 2.56 bits per heavy atom. The molecule has 0 spiro atoms. The highest BCUT2D eigenvalue weighted by Crippen LogP contribution is 2.23. The van der Waals surface area contributed by atoms with Gasteiger partial charge in [0.15, 0.2) is 0 Å². The van der Waals surface area contributed by atoms with Crippen molar-refractivity contribution >= 4 is 18.0 Å². The number of rotatable bonds is 9. The van der Waals surface area contributed by atoms with Gasteiger partial charge in [-0.25, -0.2) is 4.79 Å². The first-order valence-electron chi connectivity index (χ1n) is 14.0.